The van der Waals surface area contributed by atoms with Gasteiger partial charge in [-0.2, -0.15) is 0 Å². The maximum Gasteiger partial charge on any atom is 0.160 e. The second kappa shape index (κ2) is 17.0. The summed E-state index contributed by atoms with van der Waals surface area (Å²) in [5.74, 6) is 1.24. The fourth-order valence-electron chi connectivity index (χ4n) is 3.73. The number of Topliss-reactive ketones (excluding diaryl/α,β-unsaturated/α-hetero) is 1. The summed E-state index contributed by atoms with van der Waals surface area (Å²) in [6.45, 7) is 17.6. The van der Waals surface area contributed by atoms with Crippen LogP contribution < -0.4 is 0 Å². The highest BCUT2D eigenvalue weighted by Crippen LogP contribution is 2.20. The SMILES string of the molecule is C=C(C)C.CC(=O)c1ccccc1C.CCCN(CCC)C(=NC)c1ccc(-c2ccccc2)cc1. The van der Waals surface area contributed by atoms with E-state index in [9.17, 15) is 4.79 Å². The Morgan fingerprint density at radius 3 is 1.67 bits per heavy atom. The van der Waals surface area contributed by atoms with Crippen LogP contribution in [0.2, 0.25) is 0 Å². The smallest absolute Gasteiger partial charge is 0.160 e. The third-order valence-electron chi connectivity index (χ3n) is 5.27. The predicted molar refractivity (Wildman–Crippen MR) is 158 cm³/mol. The van der Waals surface area contributed by atoms with Crippen molar-refractivity contribution in [1.29, 1.82) is 0 Å². The average Bonchev–Trinajstić information content (AvgIpc) is 2.86. The van der Waals surface area contributed by atoms with Crippen LogP contribution in [0.15, 0.2) is 96.0 Å². The molecule has 0 bridgehead atoms. The Balaban J connectivity index is 0.000000382. The van der Waals surface area contributed by atoms with Gasteiger partial charge in [-0.3, -0.25) is 9.79 Å². The van der Waals surface area contributed by atoms with E-state index in [-0.39, 0.29) is 5.78 Å². The highest BCUT2D eigenvalue weighted by Gasteiger charge is 2.11. The molecule has 0 atom stereocenters. The van der Waals surface area contributed by atoms with Gasteiger partial charge >= 0.3 is 0 Å². The molecule has 0 aliphatic rings. The van der Waals surface area contributed by atoms with Crippen molar-refractivity contribution in [3.05, 3.63) is 108 Å². The summed E-state index contributed by atoms with van der Waals surface area (Å²) in [4.78, 5) is 17.8. The fraction of sp³-hybridized carbons (Fsp3) is 0.333. The van der Waals surface area contributed by atoms with Crippen LogP contribution in [0.1, 0.15) is 68.9 Å². The molecule has 192 valence electrons. The third-order valence-corrected chi connectivity index (χ3v) is 5.27. The van der Waals surface area contributed by atoms with Crippen LogP contribution in [0, 0.1) is 6.92 Å². The third kappa shape index (κ3) is 10.9. The minimum Gasteiger partial charge on any atom is -0.356 e. The number of carbonyl (C=O) groups is 1. The van der Waals surface area contributed by atoms with Crippen LogP contribution in [-0.2, 0) is 0 Å². The highest BCUT2D eigenvalue weighted by molar-refractivity contribution is 5.99. The first-order valence-corrected chi connectivity index (χ1v) is 12.8. The zero-order chi connectivity index (χ0) is 26.9. The minimum atomic E-state index is 0.137. The number of hydrogen-bond acceptors (Lipinski definition) is 2. The van der Waals surface area contributed by atoms with Gasteiger partial charge in [0.2, 0.25) is 0 Å². The molecule has 0 unspecified atom stereocenters. The van der Waals surface area contributed by atoms with E-state index >= 15 is 0 Å². The predicted octanol–water partition coefficient (Wildman–Crippen LogP) is 8.63. The Labute approximate surface area is 219 Å². The second-order valence-corrected chi connectivity index (χ2v) is 9.06. The molecule has 0 saturated heterocycles. The number of amidine groups is 1. The summed E-state index contributed by atoms with van der Waals surface area (Å²) < 4.78 is 0. The van der Waals surface area contributed by atoms with Crippen LogP contribution in [0.25, 0.3) is 11.1 Å². The quantitative estimate of drug-likeness (QED) is 0.145. The van der Waals surface area contributed by atoms with Gasteiger partial charge in [0.1, 0.15) is 5.84 Å². The Hall–Kier alpha value is -3.46. The van der Waals surface area contributed by atoms with E-state index in [0.29, 0.717) is 0 Å². The van der Waals surface area contributed by atoms with Gasteiger partial charge in [-0.25, -0.2) is 0 Å². The number of ketones is 1. The number of aliphatic imine (C=N–C) groups is 1. The zero-order valence-corrected chi connectivity index (χ0v) is 23.3. The van der Waals surface area contributed by atoms with Crippen LogP contribution in [0.4, 0.5) is 0 Å². The number of aryl methyl sites for hydroxylation is 1. The molecule has 0 heterocycles. The molecule has 3 aromatic rings. The van der Waals surface area contributed by atoms with Crippen LogP contribution in [0.5, 0.6) is 0 Å². The Bertz CT molecular complexity index is 1070. The minimum absolute atomic E-state index is 0.137. The topological polar surface area (TPSA) is 32.7 Å². The lowest BCUT2D eigenvalue weighted by Gasteiger charge is -2.25. The van der Waals surface area contributed by atoms with Crippen molar-refractivity contribution in [3.8, 4) is 11.1 Å². The maximum atomic E-state index is 10.9. The molecule has 0 radical (unpaired) electrons. The number of rotatable bonds is 7. The number of hydrogen-bond donors (Lipinski definition) is 0. The van der Waals surface area contributed by atoms with Gasteiger partial charge < -0.3 is 4.90 Å². The van der Waals surface area contributed by atoms with E-state index in [4.69, 9.17) is 0 Å². The largest absolute Gasteiger partial charge is 0.356 e. The van der Waals surface area contributed by atoms with Crippen molar-refractivity contribution in [3.63, 3.8) is 0 Å². The molecule has 3 nitrogen and oxygen atoms in total. The van der Waals surface area contributed by atoms with Crippen molar-refractivity contribution >= 4 is 11.6 Å². The molecule has 0 aliphatic heterocycles. The molecule has 0 N–H and O–H groups in total. The van der Waals surface area contributed by atoms with Crippen molar-refractivity contribution in [2.24, 2.45) is 4.99 Å². The van der Waals surface area contributed by atoms with E-state index in [1.807, 2.05) is 58.2 Å². The molecule has 0 fully saturated rings. The van der Waals surface area contributed by atoms with Crippen molar-refractivity contribution in [2.45, 2.75) is 54.4 Å². The molecule has 36 heavy (non-hydrogen) atoms. The van der Waals surface area contributed by atoms with E-state index < -0.39 is 0 Å². The van der Waals surface area contributed by atoms with E-state index in [1.54, 1.807) is 6.92 Å². The fourth-order valence-corrected chi connectivity index (χ4v) is 3.73. The summed E-state index contributed by atoms with van der Waals surface area (Å²) in [5.41, 5.74) is 6.74. The highest BCUT2D eigenvalue weighted by atomic mass is 16.1. The standard InChI is InChI=1S/C20H26N2.C9H10O.C4H8/c1-4-15-22(16-5-2)20(21-3)19-13-11-18(12-14-19)17-9-7-6-8-10-17;1-7-5-3-4-6-9(7)8(2)10;1-4(2)3/h6-14H,4-5,15-16H2,1-3H3;3-6H,1-2H3;1H2,2-3H3. The van der Waals surface area contributed by atoms with E-state index in [1.165, 1.54) is 22.3 Å². The summed E-state index contributed by atoms with van der Waals surface area (Å²) >= 11 is 0. The van der Waals surface area contributed by atoms with Gasteiger partial charge in [-0.05, 0) is 57.2 Å². The van der Waals surface area contributed by atoms with Crippen LogP contribution in [-0.4, -0.2) is 36.7 Å². The van der Waals surface area contributed by atoms with Gasteiger partial charge in [0, 0.05) is 31.3 Å². The van der Waals surface area contributed by atoms with Crippen molar-refractivity contribution < 1.29 is 4.79 Å². The van der Waals surface area contributed by atoms with E-state index in [0.717, 1.165) is 42.9 Å². The monoisotopic (exact) mass is 484 g/mol. The summed E-state index contributed by atoms with van der Waals surface area (Å²) in [6.07, 6.45) is 2.28. The van der Waals surface area contributed by atoms with Gasteiger partial charge in [0.05, 0.1) is 0 Å². The lowest BCUT2D eigenvalue weighted by molar-refractivity contribution is 0.101. The zero-order valence-electron chi connectivity index (χ0n) is 23.3. The van der Waals surface area contributed by atoms with Gasteiger partial charge in [0.25, 0.3) is 0 Å². The summed E-state index contributed by atoms with van der Waals surface area (Å²) in [7, 11) is 1.89. The second-order valence-electron chi connectivity index (χ2n) is 9.06. The lowest BCUT2D eigenvalue weighted by Crippen LogP contribution is -2.33. The first-order valence-electron chi connectivity index (χ1n) is 12.8. The summed E-state index contributed by atoms with van der Waals surface area (Å²) in [6, 6.07) is 26.8. The lowest BCUT2D eigenvalue weighted by atomic mass is 10.0. The maximum absolute atomic E-state index is 10.9. The van der Waals surface area contributed by atoms with Crippen LogP contribution >= 0.6 is 0 Å². The molecule has 0 aromatic heterocycles. The first-order chi connectivity index (χ1) is 17.2. The normalized spacial score (nSPS) is 10.4. The molecular formula is C33H44N2O. The molecule has 0 saturated carbocycles. The van der Waals surface area contributed by atoms with Crippen molar-refractivity contribution in [1.82, 2.24) is 4.90 Å². The number of allylic oxidation sites excluding steroid dienone is 1. The molecular weight excluding hydrogens is 440 g/mol. The first kappa shape index (κ1) is 30.6. The van der Waals surface area contributed by atoms with Gasteiger partial charge in [0.15, 0.2) is 5.78 Å². The average molecular weight is 485 g/mol. The molecule has 3 rings (SSSR count). The number of benzene rings is 3. The molecule has 0 spiro atoms. The molecule has 3 aromatic carbocycles. The van der Waals surface area contributed by atoms with Crippen LogP contribution in [0.3, 0.4) is 0 Å². The summed E-state index contributed by atoms with van der Waals surface area (Å²) in [5, 5.41) is 0. The van der Waals surface area contributed by atoms with Crippen molar-refractivity contribution in [2.75, 3.05) is 20.1 Å². The molecule has 0 aliphatic carbocycles. The van der Waals surface area contributed by atoms with Gasteiger partial charge in [-0.1, -0.05) is 98.3 Å². The van der Waals surface area contributed by atoms with Gasteiger partial charge in [-0.15, -0.1) is 6.58 Å². The number of carbonyl (C=O) groups excluding carboxylic acids is 1. The Morgan fingerprint density at radius 1 is 0.778 bits per heavy atom. The Morgan fingerprint density at radius 2 is 1.25 bits per heavy atom. The van der Waals surface area contributed by atoms with E-state index in [2.05, 4.69) is 78.8 Å². The number of nitrogens with zero attached hydrogens (tertiary/aromatic N) is 2. The molecule has 0 amide bonds. The Kier molecular flexibility index (Phi) is 14.5. The molecule has 3 heteroatoms.